The number of phenols is 1. The molecule has 0 heterocycles. The van der Waals surface area contributed by atoms with Crippen molar-refractivity contribution in [3.05, 3.63) is 54.3 Å². The van der Waals surface area contributed by atoms with E-state index in [2.05, 4.69) is 10.6 Å². The van der Waals surface area contributed by atoms with Crippen LogP contribution >= 0.6 is 0 Å². The topological polar surface area (TPSA) is 78.4 Å². The highest BCUT2D eigenvalue weighted by Crippen LogP contribution is 2.14. The lowest BCUT2D eigenvalue weighted by atomic mass is 10.3. The van der Waals surface area contributed by atoms with E-state index < -0.39 is 17.6 Å². The van der Waals surface area contributed by atoms with Crippen LogP contribution in [0.3, 0.4) is 0 Å². The second-order valence-electron chi connectivity index (χ2n) is 3.93. The Bertz CT molecular complexity index is 641. The van der Waals surface area contributed by atoms with Crippen LogP contribution in [0.4, 0.5) is 15.8 Å². The summed E-state index contributed by atoms with van der Waals surface area (Å²) in [6.07, 6.45) is 0. The number of hydrogen-bond acceptors (Lipinski definition) is 3. The number of halogens is 1. The second kappa shape index (κ2) is 5.83. The van der Waals surface area contributed by atoms with Gasteiger partial charge in [0, 0.05) is 5.69 Å². The van der Waals surface area contributed by atoms with E-state index in [0.29, 0.717) is 5.69 Å². The smallest absolute Gasteiger partial charge is 0.314 e. The molecule has 2 rings (SSSR count). The summed E-state index contributed by atoms with van der Waals surface area (Å²) in [5.41, 5.74) is 0.273. The Balaban J connectivity index is 2.01. The van der Waals surface area contributed by atoms with Gasteiger partial charge in [0.05, 0.1) is 5.69 Å². The number of carbonyl (C=O) groups excluding carboxylic acids is 2. The van der Waals surface area contributed by atoms with E-state index in [0.717, 1.165) is 0 Å². The third-order valence-corrected chi connectivity index (χ3v) is 2.45. The van der Waals surface area contributed by atoms with Crippen molar-refractivity contribution in [2.24, 2.45) is 0 Å². The molecule has 0 fully saturated rings. The number of carbonyl (C=O) groups is 2. The molecule has 3 N–H and O–H groups in total. The molecular formula is C14H11FN2O3. The van der Waals surface area contributed by atoms with Gasteiger partial charge in [0.1, 0.15) is 11.6 Å². The van der Waals surface area contributed by atoms with Gasteiger partial charge in [-0.15, -0.1) is 0 Å². The number of phenolic OH excluding ortho intramolecular Hbond substituents is 1. The van der Waals surface area contributed by atoms with Crippen LogP contribution in [-0.4, -0.2) is 16.9 Å². The zero-order chi connectivity index (χ0) is 14.5. The van der Waals surface area contributed by atoms with Gasteiger partial charge in [-0.3, -0.25) is 9.59 Å². The summed E-state index contributed by atoms with van der Waals surface area (Å²) in [5.74, 6) is -2.50. The summed E-state index contributed by atoms with van der Waals surface area (Å²) in [6.45, 7) is 0. The number of benzene rings is 2. The number of rotatable bonds is 2. The first-order chi connectivity index (χ1) is 9.56. The lowest BCUT2D eigenvalue weighted by molar-refractivity contribution is -0.133. The highest BCUT2D eigenvalue weighted by atomic mass is 19.1. The van der Waals surface area contributed by atoms with Gasteiger partial charge in [-0.1, -0.05) is 12.1 Å². The molecule has 0 saturated carbocycles. The molecule has 0 aliphatic heterocycles. The Labute approximate surface area is 114 Å². The minimum absolute atomic E-state index is 0.0406. The molecule has 102 valence electrons. The molecule has 0 spiro atoms. The Morgan fingerprint density at radius 3 is 2.15 bits per heavy atom. The molecule has 6 heteroatoms. The van der Waals surface area contributed by atoms with E-state index in [4.69, 9.17) is 5.11 Å². The Kier molecular flexibility index (Phi) is 3.95. The van der Waals surface area contributed by atoms with Crippen LogP contribution in [0.5, 0.6) is 5.75 Å². The lowest BCUT2D eigenvalue weighted by Crippen LogP contribution is -2.29. The molecule has 0 aromatic heterocycles. The number of anilines is 2. The zero-order valence-electron chi connectivity index (χ0n) is 10.3. The molecule has 0 atom stereocenters. The standard InChI is InChI=1S/C14H11FN2O3/c15-11-3-1-2-4-12(11)17-14(20)13(19)16-9-5-7-10(18)8-6-9/h1-8,18H,(H,16,19)(H,17,20). The van der Waals surface area contributed by atoms with Gasteiger partial charge in [-0.25, -0.2) is 4.39 Å². The van der Waals surface area contributed by atoms with E-state index in [-0.39, 0.29) is 11.4 Å². The highest BCUT2D eigenvalue weighted by Gasteiger charge is 2.15. The van der Waals surface area contributed by atoms with Crippen molar-refractivity contribution >= 4 is 23.2 Å². The summed E-state index contributed by atoms with van der Waals surface area (Å²) in [7, 11) is 0. The van der Waals surface area contributed by atoms with Crippen molar-refractivity contribution in [2.45, 2.75) is 0 Å². The average Bonchev–Trinajstić information content (AvgIpc) is 2.44. The van der Waals surface area contributed by atoms with E-state index in [1.807, 2.05) is 0 Å². The Morgan fingerprint density at radius 2 is 1.50 bits per heavy atom. The zero-order valence-corrected chi connectivity index (χ0v) is 10.3. The molecule has 20 heavy (non-hydrogen) atoms. The van der Waals surface area contributed by atoms with Gasteiger partial charge < -0.3 is 15.7 Å². The van der Waals surface area contributed by atoms with E-state index in [1.165, 1.54) is 48.5 Å². The molecule has 0 aliphatic carbocycles. The molecule has 2 amide bonds. The Hall–Kier alpha value is -2.89. The minimum Gasteiger partial charge on any atom is -0.508 e. The van der Waals surface area contributed by atoms with Crippen molar-refractivity contribution < 1.29 is 19.1 Å². The van der Waals surface area contributed by atoms with Gasteiger partial charge in [0.2, 0.25) is 0 Å². The van der Waals surface area contributed by atoms with Crippen molar-refractivity contribution in [3.8, 4) is 5.75 Å². The molecule has 0 unspecified atom stereocenters. The molecule has 0 bridgehead atoms. The van der Waals surface area contributed by atoms with Gasteiger partial charge in [-0.2, -0.15) is 0 Å². The molecule has 0 radical (unpaired) electrons. The Morgan fingerprint density at radius 1 is 0.900 bits per heavy atom. The van der Waals surface area contributed by atoms with E-state index >= 15 is 0 Å². The highest BCUT2D eigenvalue weighted by molar-refractivity contribution is 6.43. The maximum absolute atomic E-state index is 13.3. The average molecular weight is 274 g/mol. The molecule has 2 aromatic rings. The first kappa shape index (κ1) is 13.5. The first-order valence-electron chi connectivity index (χ1n) is 5.72. The van der Waals surface area contributed by atoms with Crippen molar-refractivity contribution in [3.63, 3.8) is 0 Å². The summed E-state index contributed by atoms with van der Waals surface area (Å²) in [5, 5.41) is 13.6. The maximum atomic E-state index is 13.3. The summed E-state index contributed by atoms with van der Waals surface area (Å²) >= 11 is 0. The molecular weight excluding hydrogens is 263 g/mol. The van der Waals surface area contributed by atoms with Crippen LogP contribution in [0.15, 0.2) is 48.5 Å². The number of aromatic hydroxyl groups is 1. The fourth-order valence-electron chi connectivity index (χ4n) is 1.47. The van der Waals surface area contributed by atoms with Gasteiger partial charge >= 0.3 is 11.8 Å². The van der Waals surface area contributed by atoms with E-state index in [1.54, 1.807) is 0 Å². The van der Waals surface area contributed by atoms with Crippen molar-refractivity contribution in [1.82, 2.24) is 0 Å². The van der Waals surface area contributed by atoms with Crippen LogP contribution in [0.1, 0.15) is 0 Å². The third-order valence-electron chi connectivity index (χ3n) is 2.45. The molecule has 0 aliphatic rings. The third kappa shape index (κ3) is 3.32. The van der Waals surface area contributed by atoms with Crippen LogP contribution < -0.4 is 10.6 Å². The number of para-hydroxylation sites is 1. The predicted molar refractivity (Wildman–Crippen MR) is 71.8 cm³/mol. The minimum atomic E-state index is -0.983. The lowest BCUT2D eigenvalue weighted by Gasteiger charge is -2.07. The first-order valence-corrected chi connectivity index (χ1v) is 5.72. The quantitative estimate of drug-likeness (QED) is 0.579. The summed E-state index contributed by atoms with van der Waals surface area (Å²) < 4.78 is 13.3. The van der Waals surface area contributed by atoms with Crippen LogP contribution in [0, 0.1) is 5.82 Å². The van der Waals surface area contributed by atoms with Crippen LogP contribution in [0.2, 0.25) is 0 Å². The van der Waals surface area contributed by atoms with Gasteiger partial charge in [-0.05, 0) is 36.4 Å². The van der Waals surface area contributed by atoms with Crippen molar-refractivity contribution in [2.75, 3.05) is 10.6 Å². The maximum Gasteiger partial charge on any atom is 0.314 e. The normalized spacial score (nSPS) is 9.85. The molecule has 0 saturated heterocycles. The molecule has 2 aromatic carbocycles. The fraction of sp³-hybridized carbons (Fsp3) is 0. The monoisotopic (exact) mass is 274 g/mol. The number of amides is 2. The fourth-order valence-corrected chi connectivity index (χ4v) is 1.47. The number of nitrogens with one attached hydrogen (secondary N) is 2. The molecule has 5 nitrogen and oxygen atoms in total. The SMILES string of the molecule is O=C(Nc1ccc(O)cc1)C(=O)Nc1ccccc1F. The number of hydrogen-bond donors (Lipinski definition) is 3. The van der Waals surface area contributed by atoms with Crippen LogP contribution in [-0.2, 0) is 9.59 Å². The van der Waals surface area contributed by atoms with Gasteiger partial charge in [0.25, 0.3) is 0 Å². The predicted octanol–water partition coefficient (Wildman–Crippen LogP) is 2.11. The largest absolute Gasteiger partial charge is 0.508 e. The second-order valence-corrected chi connectivity index (χ2v) is 3.93. The van der Waals surface area contributed by atoms with Gasteiger partial charge in [0.15, 0.2) is 0 Å². The summed E-state index contributed by atoms with van der Waals surface area (Å²) in [4.78, 5) is 23.2. The van der Waals surface area contributed by atoms with E-state index in [9.17, 15) is 14.0 Å². The van der Waals surface area contributed by atoms with Crippen LogP contribution in [0.25, 0.3) is 0 Å². The summed E-state index contributed by atoms with van der Waals surface area (Å²) in [6, 6.07) is 11.1. The van der Waals surface area contributed by atoms with Crippen molar-refractivity contribution in [1.29, 1.82) is 0 Å².